The number of fused-ring (bicyclic) bond motifs is 1. The molecular formula is C20H18ClN5O. The molecule has 0 bridgehead atoms. The molecule has 0 aliphatic rings. The van der Waals surface area contributed by atoms with Crippen molar-refractivity contribution in [2.45, 2.75) is 20.0 Å². The summed E-state index contributed by atoms with van der Waals surface area (Å²) in [6.07, 6.45) is 3.39. The monoisotopic (exact) mass is 379 g/mol. The normalized spacial score (nSPS) is 11.0. The van der Waals surface area contributed by atoms with E-state index in [1.54, 1.807) is 10.7 Å². The molecule has 27 heavy (non-hydrogen) atoms. The number of aromatic nitrogens is 4. The van der Waals surface area contributed by atoms with E-state index in [0.717, 1.165) is 5.69 Å². The number of halogens is 1. The lowest BCUT2D eigenvalue weighted by molar-refractivity contribution is -0.117. The van der Waals surface area contributed by atoms with Gasteiger partial charge in [-0.3, -0.25) is 14.2 Å². The topological polar surface area (TPSA) is 64.7 Å². The lowest BCUT2D eigenvalue weighted by Crippen LogP contribution is -2.20. The van der Waals surface area contributed by atoms with Gasteiger partial charge in [0.25, 0.3) is 0 Å². The highest BCUT2D eigenvalue weighted by atomic mass is 35.5. The van der Waals surface area contributed by atoms with Crippen molar-refractivity contribution in [3.63, 3.8) is 0 Å². The fraction of sp³-hybridized carbons (Fsp3) is 0.150. The minimum Gasteiger partial charge on any atom is -0.308 e. The standard InChI is InChI=1S/C20H18ClN5O/c1-14-18(21)11-22-26(14)13-20(27)23-19-9-10-25(24-19)12-16-7-4-6-15-5-2-3-8-17(15)16/h2-11H,12-13H2,1H3,(H,23,24,27). The number of anilines is 1. The summed E-state index contributed by atoms with van der Waals surface area (Å²) in [5, 5.41) is 14.3. The van der Waals surface area contributed by atoms with Gasteiger partial charge in [0.2, 0.25) is 5.91 Å². The molecule has 1 amide bonds. The van der Waals surface area contributed by atoms with Crippen LogP contribution in [-0.2, 0) is 17.9 Å². The minimum absolute atomic E-state index is 0.0920. The van der Waals surface area contributed by atoms with Crippen molar-refractivity contribution in [2.75, 3.05) is 5.32 Å². The third kappa shape index (κ3) is 3.71. The van der Waals surface area contributed by atoms with Crippen LogP contribution >= 0.6 is 11.6 Å². The molecule has 7 heteroatoms. The Bertz CT molecular complexity index is 1110. The Morgan fingerprint density at radius 1 is 1.15 bits per heavy atom. The zero-order chi connectivity index (χ0) is 18.8. The van der Waals surface area contributed by atoms with E-state index in [0.29, 0.717) is 17.4 Å². The first kappa shape index (κ1) is 17.3. The summed E-state index contributed by atoms with van der Waals surface area (Å²) in [5.41, 5.74) is 1.93. The van der Waals surface area contributed by atoms with E-state index in [-0.39, 0.29) is 12.5 Å². The molecule has 0 aliphatic carbocycles. The molecule has 0 atom stereocenters. The Morgan fingerprint density at radius 2 is 1.96 bits per heavy atom. The van der Waals surface area contributed by atoms with Crippen molar-refractivity contribution in [3.05, 3.63) is 77.2 Å². The molecule has 0 radical (unpaired) electrons. The molecule has 0 saturated carbocycles. The number of hydrogen-bond acceptors (Lipinski definition) is 3. The van der Waals surface area contributed by atoms with Gasteiger partial charge in [-0.2, -0.15) is 10.2 Å². The number of nitrogens with one attached hydrogen (secondary N) is 1. The summed E-state index contributed by atoms with van der Waals surface area (Å²) >= 11 is 5.96. The summed E-state index contributed by atoms with van der Waals surface area (Å²) in [7, 11) is 0. The maximum absolute atomic E-state index is 12.2. The van der Waals surface area contributed by atoms with Crippen molar-refractivity contribution in [1.29, 1.82) is 0 Å². The number of carbonyl (C=O) groups is 1. The summed E-state index contributed by atoms with van der Waals surface area (Å²) in [6.45, 7) is 2.54. The molecule has 0 spiro atoms. The van der Waals surface area contributed by atoms with Crippen molar-refractivity contribution in [1.82, 2.24) is 19.6 Å². The first-order chi connectivity index (χ1) is 13.1. The van der Waals surface area contributed by atoms with Gasteiger partial charge in [0.1, 0.15) is 6.54 Å². The Morgan fingerprint density at radius 3 is 2.78 bits per heavy atom. The van der Waals surface area contributed by atoms with Crippen LogP contribution in [0.15, 0.2) is 60.9 Å². The van der Waals surface area contributed by atoms with Crippen LogP contribution in [0.3, 0.4) is 0 Å². The lowest BCUT2D eigenvalue weighted by atomic mass is 10.0. The van der Waals surface area contributed by atoms with Crippen LogP contribution in [-0.4, -0.2) is 25.5 Å². The number of nitrogens with zero attached hydrogens (tertiary/aromatic N) is 4. The predicted molar refractivity (Wildman–Crippen MR) is 106 cm³/mol. The number of rotatable bonds is 5. The highest BCUT2D eigenvalue weighted by molar-refractivity contribution is 6.31. The van der Waals surface area contributed by atoms with Crippen LogP contribution in [0.2, 0.25) is 5.02 Å². The second kappa shape index (κ2) is 7.25. The fourth-order valence-electron chi connectivity index (χ4n) is 3.02. The molecule has 1 N–H and O–H groups in total. The number of amides is 1. The molecular weight excluding hydrogens is 362 g/mol. The molecule has 0 unspecified atom stereocenters. The van der Waals surface area contributed by atoms with E-state index in [2.05, 4.69) is 39.8 Å². The van der Waals surface area contributed by atoms with Gasteiger partial charge in [-0.15, -0.1) is 0 Å². The van der Waals surface area contributed by atoms with Crippen molar-refractivity contribution in [2.24, 2.45) is 0 Å². The quantitative estimate of drug-likeness (QED) is 0.572. The molecule has 4 rings (SSSR count). The molecule has 0 saturated heterocycles. The van der Waals surface area contributed by atoms with E-state index < -0.39 is 0 Å². The first-order valence-electron chi connectivity index (χ1n) is 8.58. The minimum atomic E-state index is -0.201. The van der Waals surface area contributed by atoms with Gasteiger partial charge in [0, 0.05) is 12.3 Å². The van der Waals surface area contributed by atoms with E-state index in [4.69, 9.17) is 11.6 Å². The van der Waals surface area contributed by atoms with E-state index in [1.807, 2.05) is 36.0 Å². The lowest BCUT2D eigenvalue weighted by Gasteiger charge is -2.07. The summed E-state index contributed by atoms with van der Waals surface area (Å²) in [6, 6.07) is 16.3. The van der Waals surface area contributed by atoms with E-state index in [1.165, 1.54) is 22.5 Å². The van der Waals surface area contributed by atoms with Crippen LogP contribution in [0.4, 0.5) is 5.82 Å². The molecule has 2 heterocycles. The fourth-order valence-corrected chi connectivity index (χ4v) is 3.16. The molecule has 136 valence electrons. The first-order valence-corrected chi connectivity index (χ1v) is 8.96. The maximum atomic E-state index is 12.2. The average molecular weight is 380 g/mol. The van der Waals surface area contributed by atoms with E-state index in [9.17, 15) is 4.79 Å². The van der Waals surface area contributed by atoms with Crippen molar-refractivity contribution < 1.29 is 4.79 Å². The number of benzene rings is 2. The molecule has 2 aromatic heterocycles. The Labute approximate surface area is 161 Å². The molecule has 2 aromatic carbocycles. The Hall–Kier alpha value is -3.12. The van der Waals surface area contributed by atoms with Crippen LogP contribution in [0.1, 0.15) is 11.3 Å². The largest absolute Gasteiger partial charge is 0.308 e. The molecule has 0 fully saturated rings. The van der Waals surface area contributed by atoms with Gasteiger partial charge < -0.3 is 5.32 Å². The van der Waals surface area contributed by atoms with Crippen LogP contribution in [0, 0.1) is 6.92 Å². The summed E-state index contributed by atoms with van der Waals surface area (Å²) in [4.78, 5) is 12.2. The average Bonchev–Trinajstić information content (AvgIpc) is 3.23. The molecule has 6 nitrogen and oxygen atoms in total. The van der Waals surface area contributed by atoms with Crippen LogP contribution in [0.5, 0.6) is 0 Å². The molecule has 4 aromatic rings. The highest BCUT2D eigenvalue weighted by Gasteiger charge is 2.10. The second-order valence-corrected chi connectivity index (χ2v) is 6.73. The third-order valence-electron chi connectivity index (χ3n) is 4.46. The summed E-state index contributed by atoms with van der Waals surface area (Å²) in [5.74, 6) is 0.310. The zero-order valence-electron chi connectivity index (χ0n) is 14.8. The van der Waals surface area contributed by atoms with Gasteiger partial charge in [-0.1, -0.05) is 54.1 Å². The SMILES string of the molecule is Cc1c(Cl)cnn1CC(=O)Nc1ccn(Cc2cccc3ccccc23)n1. The second-order valence-electron chi connectivity index (χ2n) is 6.32. The number of hydrogen-bond donors (Lipinski definition) is 1. The zero-order valence-corrected chi connectivity index (χ0v) is 15.5. The van der Waals surface area contributed by atoms with E-state index >= 15 is 0 Å². The highest BCUT2D eigenvalue weighted by Crippen LogP contribution is 2.19. The maximum Gasteiger partial charge on any atom is 0.247 e. The van der Waals surface area contributed by atoms with Gasteiger partial charge in [0.05, 0.1) is 23.5 Å². The Kier molecular flexibility index (Phi) is 4.64. The van der Waals surface area contributed by atoms with Gasteiger partial charge >= 0.3 is 0 Å². The predicted octanol–water partition coefficient (Wildman–Crippen LogP) is 3.88. The number of carbonyl (C=O) groups excluding carboxylic acids is 1. The van der Waals surface area contributed by atoms with Crippen LogP contribution < -0.4 is 5.32 Å². The van der Waals surface area contributed by atoms with Crippen molar-refractivity contribution in [3.8, 4) is 0 Å². The molecule has 0 aliphatic heterocycles. The van der Waals surface area contributed by atoms with Gasteiger partial charge in [0.15, 0.2) is 5.82 Å². The smallest absolute Gasteiger partial charge is 0.247 e. The summed E-state index contributed by atoms with van der Waals surface area (Å²) < 4.78 is 3.37. The third-order valence-corrected chi connectivity index (χ3v) is 4.83. The van der Waals surface area contributed by atoms with Gasteiger partial charge in [-0.05, 0) is 23.3 Å². The van der Waals surface area contributed by atoms with Crippen molar-refractivity contribution >= 4 is 34.1 Å². The van der Waals surface area contributed by atoms with Crippen LogP contribution in [0.25, 0.3) is 10.8 Å². The van der Waals surface area contributed by atoms with Gasteiger partial charge in [-0.25, -0.2) is 0 Å². The Balaban J connectivity index is 1.45.